The lowest BCUT2D eigenvalue weighted by Gasteiger charge is -2.04. The second kappa shape index (κ2) is 6.53. The van der Waals surface area contributed by atoms with Crippen molar-refractivity contribution in [2.24, 2.45) is 0 Å². The normalized spacial score (nSPS) is 12.1. The van der Waals surface area contributed by atoms with E-state index in [4.69, 9.17) is 21.8 Å². The van der Waals surface area contributed by atoms with Crippen LogP contribution in [0.1, 0.15) is 10.4 Å². The van der Waals surface area contributed by atoms with Crippen LogP contribution in [0, 0.1) is 0 Å². The van der Waals surface area contributed by atoms with Gasteiger partial charge in [0.15, 0.2) is 5.78 Å². The lowest BCUT2D eigenvalue weighted by Crippen LogP contribution is -2.08. The Morgan fingerprint density at radius 1 is 1.09 bits per heavy atom. The van der Waals surface area contributed by atoms with Crippen LogP contribution in [-0.2, 0) is 14.6 Å². The molecule has 1 aromatic heterocycles. The number of halogens is 1. The van der Waals surface area contributed by atoms with Crippen molar-refractivity contribution in [1.82, 2.24) is 0 Å². The predicted molar refractivity (Wildman–Crippen MR) is 83.9 cm³/mol. The summed E-state index contributed by atoms with van der Waals surface area (Å²) in [6, 6.07) is 6.66. The SMILES string of the molecule is O=C(O)/C(O)=C/C(=O)c1ccsc1S(=O)(=O)c1ccc(Cl)cc1. The number of thiophene rings is 1. The largest absolute Gasteiger partial charge is 0.502 e. The van der Waals surface area contributed by atoms with Gasteiger partial charge in [0, 0.05) is 11.1 Å². The van der Waals surface area contributed by atoms with Gasteiger partial charge in [0.05, 0.1) is 10.5 Å². The number of hydrogen-bond donors (Lipinski definition) is 2. The molecule has 0 amide bonds. The number of benzene rings is 1. The molecule has 1 heterocycles. The highest BCUT2D eigenvalue weighted by molar-refractivity contribution is 7.93. The first-order valence-corrected chi connectivity index (χ1v) is 8.74. The Balaban J connectivity index is 2.49. The Kier molecular flexibility index (Phi) is 4.88. The molecule has 9 heteroatoms. The number of ketones is 1. The van der Waals surface area contributed by atoms with Gasteiger partial charge in [-0.2, -0.15) is 0 Å². The van der Waals surface area contributed by atoms with Crippen molar-refractivity contribution in [3.63, 3.8) is 0 Å². The summed E-state index contributed by atoms with van der Waals surface area (Å²) in [6.07, 6.45) is 0.464. The van der Waals surface area contributed by atoms with Crippen molar-refractivity contribution in [3.05, 3.63) is 58.1 Å². The Labute approximate surface area is 140 Å². The molecule has 0 fully saturated rings. The third-order valence-electron chi connectivity index (χ3n) is 2.75. The molecule has 6 nitrogen and oxygen atoms in total. The highest BCUT2D eigenvalue weighted by Crippen LogP contribution is 2.30. The molecule has 0 bridgehead atoms. The van der Waals surface area contributed by atoms with Crippen LogP contribution >= 0.6 is 22.9 Å². The molecule has 2 rings (SSSR count). The van der Waals surface area contributed by atoms with Crippen LogP contribution in [0.25, 0.3) is 0 Å². The van der Waals surface area contributed by atoms with Gasteiger partial charge in [-0.15, -0.1) is 11.3 Å². The Hall–Kier alpha value is -2.16. The number of carboxylic acids is 1. The maximum absolute atomic E-state index is 12.6. The molecule has 2 N–H and O–H groups in total. The van der Waals surface area contributed by atoms with Gasteiger partial charge in [-0.1, -0.05) is 11.6 Å². The lowest BCUT2D eigenvalue weighted by molar-refractivity contribution is -0.135. The van der Waals surface area contributed by atoms with Crippen LogP contribution in [0.2, 0.25) is 5.02 Å². The molecule has 23 heavy (non-hydrogen) atoms. The van der Waals surface area contributed by atoms with Gasteiger partial charge < -0.3 is 10.2 Å². The highest BCUT2D eigenvalue weighted by atomic mass is 35.5. The fourth-order valence-corrected chi connectivity index (χ4v) is 4.55. The van der Waals surface area contributed by atoms with Crippen LogP contribution in [-0.4, -0.2) is 30.4 Å². The molecule has 120 valence electrons. The topological polar surface area (TPSA) is 109 Å². The number of carbonyl (C=O) groups excluding carboxylic acids is 1. The zero-order chi connectivity index (χ0) is 17.2. The fraction of sp³-hybridized carbons (Fsp3) is 0. The minimum atomic E-state index is -3.96. The summed E-state index contributed by atoms with van der Waals surface area (Å²) in [7, 11) is -3.96. The maximum atomic E-state index is 12.6. The molecule has 1 aromatic carbocycles. The molecule has 0 aliphatic rings. The number of rotatable bonds is 5. The number of aliphatic hydroxyl groups excluding tert-OH is 1. The summed E-state index contributed by atoms with van der Waals surface area (Å²) >= 11 is 6.54. The van der Waals surface area contributed by atoms with Gasteiger partial charge >= 0.3 is 5.97 Å². The highest BCUT2D eigenvalue weighted by Gasteiger charge is 2.26. The lowest BCUT2D eigenvalue weighted by atomic mass is 10.2. The van der Waals surface area contributed by atoms with E-state index in [9.17, 15) is 18.0 Å². The third-order valence-corrected chi connectivity index (χ3v) is 6.26. The quantitative estimate of drug-likeness (QED) is 0.474. The number of aliphatic hydroxyl groups is 1. The summed E-state index contributed by atoms with van der Waals surface area (Å²) < 4.78 is 24.9. The number of sulfone groups is 1. The van der Waals surface area contributed by atoms with Gasteiger partial charge in [-0.05, 0) is 35.7 Å². The van der Waals surface area contributed by atoms with E-state index >= 15 is 0 Å². The van der Waals surface area contributed by atoms with Crippen LogP contribution in [0.5, 0.6) is 0 Å². The third kappa shape index (κ3) is 3.61. The zero-order valence-electron chi connectivity index (χ0n) is 11.3. The van der Waals surface area contributed by atoms with E-state index < -0.39 is 27.3 Å². The average molecular weight is 373 g/mol. The summed E-state index contributed by atoms with van der Waals surface area (Å²) in [6.45, 7) is 0. The molecule has 0 unspecified atom stereocenters. The molecule has 0 aliphatic carbocycles. The van der Waals surface area contributed by atoms with Crippen LogP contribution in [0.4, 0.5) is 0 Å². The first kappa shape index (κ1) is 17.2. The van der Waals surface area contributed by atoms with Gasteiger partial charge in [-0.25, -0.2) is 13.2 Å². The average Bonchev–Trinajstić information content (AvgIpc) is 2.97. The number of hydrogen-bond acceptors (Lipinski definition) is 6. The van der Waals surface area contributed by atoms with E-state index in [0.717, 1.165) is 11.3 Å². The van der Waals surface area contributed by atoms with Crippen LogP contribution in [0.3, 0.4) is 0 Å². The van der Waals surface area contributed by atoms with Gasteiger partial charge in [-0.3, -0.25) is 4.79 Å². The Bertz CT molecular complexity index is 894. The fourth-order valence-electron chi connectivity index (χ4n) is 1.67. The van der Waals surface area contributed by atoms with E-state index in [1.807, 2.05) is 0 Å². The summed E-state index contributed by atoms with van der Waals surface area (Å²) in [5, 5.41) is 19.4. The molecule has 0 saturated heterocycles. The predicted octanol–water partition coefficient (Wildman–Crippen LogP) is 2.94. The minimum absolute atomic E-state index is 0.0511. The molecule has 0 atom stereocenters. The molecule has 0 aliphatic heterocycles. The monoisotopic (exact) mass is 372 g/mol. The van der Waals surface area contributed by atoms with Crippen molar-refractivity contribution >= 4 is 44.5 Å². The summed E-state index contributed by atoms with van der Waals surface area (Å²) in [4.78, 5) is 22.5. The van der Waals surface area contributed by atoms with E-state index in [2.05, 4.69) is 0 Å². The van der Waals surface area contributed by atoms with E-state index in [1.54, 1.807) is 0 Å². The Morgan fingerprint density at radius 3 is 2.26 bits per heavy atom. The second-order valence-corrected chi connectivity index (χ2v) is 7.78. The van der Waals surface area contributed by atoms with Crippen LogP contribution in [0.15, 0.2) is 56.7 Å². The molecule has 0 radical (unpaired) electrons. The van der Waals surface area contributed by atoms with Crippen molar-refractivity contribution in [3.8, 4) is 0 Å². The molecule has 2 aromatic rings. The van der Waals surface area contributed by atoms with E-state index in [1.165, 1.54) is 35.7 Å². The molecule has 0 saturated carbocycles. The number of carboxylic acid groups (broad SMARTS) is 1. The Morgan fingerprint density at radius 2 is 1.70 bits per heavy atom. The molecular formula is C14H9ClO6S2. The van der Waals surface area contributed by atoms with Gasteiger partial charge in [0.25, 0.3) is 0 Å². The second-order valence-electron chi connectivity index (χ2n) is 4.28. The number of carbonyl (C=O) groups is 2. The number of aliphatic carboxylic acids is 1. The summed E-state index contributed by atoms with van der Waals surface area (Å²) in [5.74, 6) is -3.77. The molecule has 0 spiro atoms. The van der Waals surface area contributed by atoms with E-state index in [0.29, 0.717) is 11.1 Å². The van der Waals surface area contributed by atoms with Crippen molar-refractivity contribution in [1.29, 1.82) is 0 Å². The van der Waals surface area contributed by atoms with Crippen molar-refractivity contribution in [2.45, 2.75) is 9.10 Å². The first-order valence-electron chi connectivity index (χ1n) is 6.00. The van der Waals surface area contributed by atoms with Gasteiger partial charge in [0.1, 0.15) is 4.21 Å². The smallest absolute Gasteiger partial charge is 0.371 e. The maximum Gasteiger partial charge on any atom is 0.371 e. The van der Waals surface area contributed by atoms with Crippen molar-refractivity contribution < 1.29 is 28.2 Å². The molecular weight excluding hydrogens is 364 g/mol. The first-order chi connectivity index (χ1) is 10.7. The van der Waals surface area contributed by atoms with Crippen LogP contribution < -0.4 is 0 Å². The minimum Gasteiger partial charge on any atom is -0.502 e. The number of allylic oxidation sites excluding steroid dienone is 1. The van der Waals surface area contributed by atoms with Gasteiger partial charge in [0.2, 0.25) is 15.6 Å². The van der Waals surface area contributed by atoms with Crippen molar-refractivity contribution in [2.75, 3.05) is 0 Å². The summed E-state index contributed by atoms with van der Waals surface area (Å²) in [5.41, 5.74) is -0.210. The van der Waals surface area contributed by atoms with E-state index in [-0.39, 0.29) is 14.7 Å². The standard InChI is InChI=1S/C14H9ClO6S2/c15-8-1-3-9(4-2-8)23(20,21)14-10(5-6-22-14)11(16)7-12(17)13(18)19/h1-7,17H,(H,18,19)/b12-7-. The zero-order valence-corrected chi connectivity index (χ0v) is 13.7.